The number of allylic oxidation sites excluding steroid dienone is 2. The van der Waals surface area contributed by atoms with Gasteiger partial charge in [-0.3, -0.25) is 9.59 Å². The second-order valence-electron chi connectivity index (χ2n) is 10.6. The highest BCUT2D eigenvalue weighted by molar-refractivity contribution is 5.96. The lowest BCUT2D eigenvalue weighted by Gasteiger charge is -2.44. The quantitative estimate of drug-likeness (QED) is 0.342. The van der Waals surface area contributed by atoms with Crippen LogP contribution in [-0.4, -0.2) is 47.6 Å². The number of carbonyl (C=O) groups is 2. The molecule has 0 aliphatic heterocycles. The fraction of sp³-hybridized carbons (Fsp3) is 0.438. The van der Waals surface area contributed by atoms with E-state index in [2.05, 4.69) is 24.4 Å². The average Bonchev–Trinajstić information content (AvgIpc) is 2.91. The van der Waals surface area contributed by atoms with E-state index in [1.165, 1.54) is 17.7 Å². The van der Waals surface area contributed by atoms with Crippen molar-refractivity contribution in [3.63, 3.8) is 0 Å². The van der Waals surface area contributed by atoms with Crippen molar-refractivity contribution in [3.8, 4) is 0 Å². The molecule has 2 aromatic rings. The first-order valence-corrected chi connectivity index (χ1v) is 13.9. The lowest BCUT2D eigenvalue weighted by Crippen LogP contribution is -2.54. The molecule has 0 radical (unpaired) electrons. The SMILES string of the molecule is CCc1cccc(CNC[C@H](O)[C@@H](Cc2cc(F)cc(F)c2)C2(C(=O)N(CC)CC)C=C(C)C=C(C(N)=O)C2)c1. The van der Waals surface area contributed by atoms with Crippen molar-refractivity contribution in [2.45, 2.75) is 59.6 Å². The summed E-state index contributed by atoms with van der Waals surface area (Å²) in [6, 6.07) is 11.3. The molecule has 0 fully saturated rings. The molecule has 3 rings (SSSR count). The van der Waals surface area contributed by atoms with Gasteiger partial charge in [-0.15, -0.1) is 0 Å². The molecule has 3 atom stereocenters. The van der Waals surface area contributed by atoms with Crippen LogP contribution in [0, 0.1) is 23.0 Å². The van der Waals surface area contributed by atoms with Crippen LogP contribution < -0.4 is 11.1 Å². The van der Waals surface area contributed by atoms with E-state index < -0.39 is 35.0 Å². The molecule has 40 heavy (non-hydrogen) atoms. The number of hydrogen-bond donors (Lipinski definition) is 3. The number of aryl methyl sites for hydroxylation is 1. The molecule has 0 saturated heterocycles. The molecule has 2 amide bonds. The van der Waals surface area contributed by atoms with Gasteiger partial charge >= 0.3 is 0 Å². The van der Waals surface area contributed by atoms with Crippen LogP contribution in [0.5, 0.6) is 0 Å². The van der Waals surface area contributed by atoms with Crippen molar-refractivity contribution in [1.29, 1.82) is 0 Å². The zero-order valence-electron chi connectivity index (χ0n) is 23.8. The Hall–Kier alpha value is -3.36. The van der Waals surface area contributed by atoms with Gasteiger partial charge < -0.3 is 21.1 Å². The van der Waals surface area contributed by atoms with Crippen LogP contribution in [0.25, 0.3) is 0 Å². The first-order valence-electron chi connectivity index (χ1n) is 13.9. The Labute approximate surface area is 236 Å². The molecule has 0 heterocycles. The maximum Gasteiger partial charge on any atom is 0.244 e. The molecule has 6 nitrogen and oxygen atoms in total. The molecule has 0 spiro atoms. The lowest BCUT2D eigenvalue weighted by molar-refractivity contribution is -0.145. The minimum Gasteiger partial charge on any atom is -0.391 e. The van der Waals surface area contributed by atoms with Crippen LogP contribution in [0.1, 0.15) is 50.8 Å². The Bertz CT molecular complexity index is 1250. The summed E-state index contributed by atoms with van der Waals surface area (Å²) >= 11 is 0. The van der Waals surface area contributed by atoms with Crippen LogP contribution in [0.15, 0.2) is 65.8 Å². The second-order valence-corrected chi connectivity index (χ2v) is 10.6. The van der Waals surface area contributed by atoms with Crippen molar-refractivity contribution in [3.05, 3.63) is 94.1 Å². The average molecular weight is 554 g/mol. The van der Waals surface area contributed by atoms with Gasteiger partial charge in [0.1, 0.15) is 11.6 Å². The summed E-state index contributed by atoms with van der Waals surface area (Å²) in [4.78, 5) is 28.3. The van der Waals surface area contributed by atoms with Crippen LogP contribution in [0.4, 0.5) is 8.78 Å². The van der Waals surface area contributed by atoms with E-state index in [9.17, 15) is 23.5 Å². The molecule has 0 saturated carbocycles. The van der Waals surface area contributed by atoms with E-state index >= 15 is 0 Å². The van der Waals surface area contributed by atoms with Crippen LogP contribution in [-0.2, 0) is 29.0 Å². The van der Waals surface area contributed by atoms with Gasteiger partial charge in [-0.25, -0.2) is 8.78 Å². The van der Waals surface area contributed by atoms with Gasteiger partial charge in [-0.05, 0) is 68.9 Å². The van der Waals surface area contributed by atoms with Crippen molar-refractivity contribution in [1.82, 2.24) is 10.2 Å². The Morgan fingerprint density at radius 3 is 2.30 bits per heavy atom. The fourth-order valence-corrected chi connectivity index (χ4v) is 5.75. The minimum absolute atomic E-state index is 0.00563. The highest BCUT2D eigenvalue weighted by Crippen LogP contribution is 2.45. The molecule has 216 valence electrons. The van der Waals surface area contributed by atoms with Crippen molar-refractivity contribution in [2.24, 2.45) is 17.1 Å². The molecule has 8 heteroatoms. The highest BCUT2D eigenvalue weighted by atomic mass is 19.1. The summed E-state index contributed by atoms with van der Waals surface area (Å²) in [6.07, 6.45) is 3.23. The molecular weight excluding hydrogens is 512 g/mol. The fourth-order valence-electron chi connectivity index (χ4n) is 5.75. The molecule has 0 bridgehead atoms. The number of primary amides is 1. The molecular formula is C32H41F2N3O3. The summed E-state index contributed by atoms with van der Waals surface area (Å²) in [5.41, 5.74) is 7.83. The summed E-state index contributed by atoms with van der Waals surface area (Å²) in [5.74, 6) is -3.22. The van der Waals surface area contributed by atoms with Gasteiger partial charge in [-0.1, -0.05) is 48.9 Å². The maximum atomic E-state index is 14.3. The van der Waals surface area contributed by atoms with Gasteiger partial charge in [-0.2, -0.15) is 0 Å². The zero-order chi connectivity index (χ0) is 29.4. The summed E-state index contributed by atoms with van der Waals surface area (Å²) in [5, 5.41) is 15.0. The second kappa shape index (κ2) is 13.8. The third kappa shape index (κ3) is 7.43. The number of halogens is 2. The van der Waals surface area contributed by atoms with E-state index in [0.717, 1.165) is 18.1 Å². The predicted octanol–water partition coefficient (Wildman–Crippen LogP) is 4.45. The molecule has 4 N–H and O–H groups in total. The Kier molecular flexibility index (Phi) is 10.8. The van der Waals surface area contributed by atoms with E-state index in [0.29, 0.717) is 30.8 Å². The third-order valence-electron chi connectivity index (χ3n) is 7.72. The van der Waals surface area contributed by atoms with Crippen LogP contribution in [0.2, 0.25) is 0 Å². The van der Waals surface area contributed by atoms with Crippen LogP contribution in [0.3, 0.4) is 0 Å². The monoisotopic (exact) mass is 553 g/mol. The van der Waals surface area contributed by atoms with E-state index in [1.807, 2.05) is 26.0 Å². The molecule has 1 aliphatic rings. The number of rotatable bonds is 13. The van der Waals surface area contributed by atoms with Gasteiger partial charge in [0, 0.05) is 43.7 Å². The van der Waals surface area contributed by atoms with Crippen LogP contribution >= 0.6 is 0 Å². The number of hydrogen-bond acceptors (Lipinski definition) is 4. The van der Waals surface area contributed by atoms with Gasteiger partial charge in [0.25, 0.3) is 0 Å². The van der Waals surface area contributed by atoms with Gasteiger partial charge in [0.2, 0.25) is 11.8 Å². The number of nitrogens with two attached hydrogens (primary N) is 1. The topological polar surface area (TPSA) is 95.7 Å². The Morgan fingerprint density at radius 2 is 1.70 bits per heavy atom. The number of amides is 2. The normalized spacial score (nSPS) is 18.5. The van der Waals surface area contributed by atoms with E-state index in [4.69, 9.17) is 5.73 Å². The number of carbonyl (C=O) groups excluding carboxylic acids is 2. The van der Waals surface area contributed by atoms with E-state index in [1.54, 1.807) is 24.0 Å². The Balaban J connectivity index is 2.05. The number of nitrogens with one attached hydrogen (secondary N) is 1. The summed E-state index contributed by atoms with van der Waals surface area (Å²) < 4.78 is 28.4. The van der Waals surface area contributed by atoms with Crippen molar-refractivity contribution in [2.75, 3.05) is 19.6 Å². The number of aliphatic hydroxyl groups is 1. The maximum absolute atomic E-state index is 14.3. The summed E-state index contributed by atoms with van der Waals surface area (Å²) in [7, 11) is 0. The Morgan fingerprint density at radius 1 is 1.05 bits per heavy atom. The van der Waals surface area contributed by atoms with Gasteiger partial charge in [0.05, 0.1) is 11.5 Å². The van der Waals surface area contributed by atoms with E-state index in [-0.39, 0.29) is 30.9 Å². The smallest absolute Gasteiger partial charge is 0.244 e. The third-order valence-corrected chi connectivity index (χ3v) is 7.72. The first-order chi connectivity index (χ1) is 19.0. The number of benzene rings is 2. The number of nitrogens with zero attached hydrogens (tertiary/aromatic N) is 1. The van der Waals surface area contributed by atoms with Crippen molar-refractivity contribution < 1.29 is 23.5 Å². The largest absolute Gasteiger partial charge is 0.391 e. The van der Waals surface area contributed by atoms with Crippen molar-refractivity contribution >= 4 is 11.8 Å². The predicted molar refractivity (Wildman–Crippen MR) is 153 cm³/mol. The summed E-state index contributed by atoms with van der Waals surface area (Å²) in [6.45, 7) is 9.02. The minimum atomic E-state index is -1.36. The lowest BCUT2D eigenvalue weighted by atomic mass is 9.63. The molecule has 1 aliphatic carbocycles. The first kappa shape index (κ1) is 31.2. The standard InChI is InChI=1S/C32H41F2N3O3/c1-5-22-9-8-10-23(12-22)19-36-20-29(38)28(15-24-13-26(33)16-27(34)14-24)32(31(40)37(6-2)7-3)17-21(4)11-25(18-32)30(35)39/h8-14,16-17,28-29,36,38H,5-7,15,18-20H2,1-4H3,(H2,35,39)/t28-,29+,32?/m1/s1. The molecule has 1 unspecified atom stereocenters. The highest BCUT2D eigenvalue weighted by Gasteiger charge is 2.50. The molecule has 0 aromatic heterocycles. The number of aliphatic hydroxyl groups excluding tert-OH is 1. The van der Waals surface area contributed by atoms with Gasteiger partial charge in [0.15, 0.2) is 0 Å². The molecule has 2 aromatic carbocycles. The zero-order valence-corrected chi connectivity index (χ0v) is 23.8.